The minimum Gasteiger partial charge on any atom is -0.460 e. The number of benzene rings is 3. The highest BCUT2D eigenvalue weighted by molar-refractivity contribution is 7.90. The lowest BCUT2D eigenvalue weighted by Crippen LogP contribution is -2.21. The van der Waals surface area contributed by atoms with Crippen molar-refractivity contribution in [2.24, 2.45) is 0 Å². The van der Waals surface area contributed by atoms with Crippen molar-refractivity contribution in [3.05, 3.63) is 96.5 Å². The Morgan fingerprint density at radius 1 is 0.929 bits per heavy atom. The maximum Gasteiger partial charge on any atom is 0.323 e. The first-order valence-electron chi connectivity index (χ1n) is 12.8. The lowest BCUT2D eigenvalue weighted by Gasteiger charge is -2.12. The van der Waals surface area contributed by atoms with Gasteiger partial charge in [-0.2, -0.15) is 0 Å². The van der Waals surface area contributed by atoms with E-state index in [-0.39, 0.29) is 11.4 Å². The van der Waals surface area contributed by atoms with Crippen LogP contribution in [0.1, 0.15) is 5.76 Å². The highest BCUT2D eigenvalue weighted by Crippen LogP contribution is 2.30. The van der Waals surface area contributed by atoms with Gasteiger partial charge >= 0.3 is 6.03 Å². The monoisotopic (exact) mass is 592 g/mol. The van der Waals surface area contributed by atoms with Gasteiger partial charge in [0.25, 0.3) is 0 Å². The molecule has 2 amide bonds. The van der Waals surface area contributed by atoms with Crippen LogP contribution in [-0.4, -0.2) is 43.0 Å². The number of halogens is 2. The Bertz CT molecular complexity index is 1860. The predicted molar refractivity (Wildman–Crippen MR) is 157 cm³/mol. The second kappa shape index (κ2) is 12.3. The van der Waals surface area contributed by atoms with Crippen LogP contribution in [0.2, 0.25) is 0 Å². The minimum absolute atomic E-state index is 0.0437. The summed E-state index contributed by atoms with van der Waals surface area (Å²) < 4.78 is 55.9. The number of nitrogens with zero attached hydrogens (tertiary/aromatic N) is 2. The molecule has 0 bridgehead atoms. The fraction of sp³-hybridized carbons (Fsp3) is 0.138. The minimum atomic E-state index is -3.04. The summed E-state index contributed by atoms with van der Waals surface area (Å²) in [7, 11) is -3.04. The molecule has 0 fully saturated rings. The average Bonchev–Trinajstić information content (AvgIpc) is 3.42. The second-order valence-corrected chi connectivity index (χ2v) is 11.7. The van der Waals surface area contributed by atoms with Crippen LogP contribution in [0.4, 0.5) is 36.5 Å². The largest absolute Gasteiger partial charge is 0.460 e. The molecule has 0 spiro atoms. The lowest BCUT2D eigenvalue weighted by atomic mass is 10.1. The topological polar surface area (TPSA) is 138 Å². The third kappa shape index (κ3) is 7.44. The summed E-state index contributed by atoms with van der Waals surface area (Å²) >= 11 is 0. The molecule has 0 saturated heterocycles. The molecule has 2 aromatic heterocycles. The van der Waals surface area contributed by atoms with Crippen LogP contribution in [0.3, 0.4) is 0 Å². The number of furan rings is 1. The van der Waals surface area contributed by atoms with Gasteiger partial charge in [-0.15, -0.1) is 0 Å². The normalized spacial score (nSPS) is 11.4. The number of nitrogens with one attached hydrogen (secondary N) is 4. The summed E-state index contributed by atoms with van der Waals surface area (Å²) in [6.45, 7) is 0.711. The van der Waals surface area contributed by atoms with Gasteiger partial charge in [0.1, 0.15) is 45.1 Å². The standard InChI is InChI=1S/C29H26F2N6O4S/c1-42(39,40)12-11-32-16-22-7-10-27(41-22)18-5-9-25-23(13-18)28(34-17-33-25)35-20-3-2-4-21(15-20)36-29(38)37-26-14-19(30)6-8-24(26)31/h2-10,13-15,17,32H,11-12,16H2,1H3,(H,33,34,35)(H2,36,37,38). The summed E-state index contributed by atoms with van der Waals surface area (Å²) in [5.41, 5.74) is 2.21. The Morgan fingerprint density at radius 3 is 2.60 bits per heavy atom. The Hall–Kier alpha value is -4.88. The van der Waals surface area contributed by atoms with Crippen LogP contribution in [0.5, 0.6) is 0 Å². The van der Waals surface area contributed by atoms with E-state index >= 15 is 0 Å². The van der Waals surface area contributed by atoms with Gasteiger partial charge in [0.05, 0.1) is 23.5 Å². The summed E-state index contributed by atoms with van der Waals surface area (Å²) in [4.78, 5) is 21.1. The van der Waals surface area contributed by atoms with E-state index in [1.807, 2.05) is 30.3 Å². The van der Waals surface area contributed by atoms with Crippen molar-refractivity contribution in [1.29, 1.82) is 0 Å². The number of carbonyl (C=O) groups is 1. The number of hydrogen-bond acceptors (Lipinski definition) is 8. The van der Waals surface area contributed by atoms with Gasteiger partial charge in [0.2, 0.25) is 0 Å². The Labute approximate surface area is 240 Å². The molecule has 3 aromatic carbocycles. The fourth-order valence-corrected chi connectivity index (χ4v) is 4.61. The molecule has 5 rings (SSSR count). The number of amides is 2. The molecular formula is C29H26F2N6O4S. The van der Waals surface area contributed by atoms with Crippen molar-refractivity contribution in [1.82, 2.24) is 15.3 Å². The second-order valence-electron chi connectivity index (χ2n) is 9.44. The maximum absolute atomic E-state index is 13.9. The zero-order valence-electron chi connectivity index (χ0n) is 22.3. The lowest BCUT2D eigenvalue weighted by molar-refractivity contribution is 0.262. The zero-order valence-corrected chi connectivity index (χ0v) is 23.1. The molecular weight excluding hydrogens is 566 g/mol. The third-order valence-electron chi connectivity index (χ3n) is 6.09. The van der Waals surface area contributed by atoms with Crippen molar-refractivity contribution < 1.29 is 26.4 Å². The van der Waals surface area contributed by atoms with Crippen LogP contribution >= 0.6 is 0 Å². The number of sulfone groups is 1. The van der Waals surface area contributed by atoms with E-state index in [0.717, 1.165) is 29.1 Å². The molecule has 5 aromatic rings. The van der Waals surface area contributed by atoms with E-state index in [4.69, 9.17) is 4.42 Å². The molecule has 42 heavy (non-hydrogen) atoms. The number of hydrogen-bond donors (Lipinski definition) is 4. The molecule has 4 N–H and O–H groups in total. The molecule has 0 radical (unpaired) electrons. The number of urea groups is 1. The summed E-state index contributed by atoms with van der Waals surface area (Å²) in [6.07, 6.45) is 2.62. The molecule has 0 saturated carbocycles. The van der Waals surface area contributed by atoms with Gasteiger partial charge in [-0.05, 0) is 60.7 Å². The number of anilines is 4. The van der Waals surface area contributed by atoms with E-state index in [9.17, 15) is 22.0 Å². The van der Waals surface area contributed by atoms with Crippen molar-refractivity contribution >= 4 is 49.7 Å². The Kier molecular flexibility index (Phi) is 8.41. The van der Waals surface area contributed by atoms with Crippen LogP contribution < -0.4 is 21.3 Å². The Balaban J connectivity index is 1.29. The van der Waals surface area contributed by atoms with Gasteiger partial charge in [-0.25, -0.2) is 32.0 Å². The van der Waals surface area contributed by atoms with Crippen LogP contribution in [-0.2, 0) is 16.4 Å². The van der Waals surface area contributed by atoms with Crippen LogP contribution in [0, 0.1) is 11.6 Å². The van der Waals surface area contributed by atoms with Crippen molar-refractivity contribution in [2.45, 2.75) is 6.54 Å². The number of fused-ring (bicyclic) bond motifs is 1. The fourth-order valence-electron chi connectivity index (χ4n) is 4.10. The van der Waals surface area contributed by atoms with Gasteiger partial charge < -0.3 is 25.7 Å². The summed E-state index contributed by atoms with van der Waals surface area (Å²) in [5, 5.41) is 11.9. The van der Waals surface area contributed by atoms with E-state index in [2.05, 4.69) is 31.2 Å². The number of aromatic nitrogens is 2. The van der Waals surface area contributed by atoms with Gasteiger partial charge in [-0.1, -0.05) is 6.07 Å². The quantitative estimate of drug-likeness (QED) is 0.152. The average molecular weight is 593 g/mol. The Morgan fingerprint density at radius 2 is 1.76 bits per heavy atom. The summed E-state index contributed by atoms with van der Waals surface area (Å²) in [6, 6.07) is 18.1. The van der Waals surface area contributed by atoms with E-state index < -0.39 is 27.5 Å². The van der Waals surface area contributed by atoms with Gasteiger partial charge in [0.15, 0.2) is 0 Å². The predicted octanol–water partition coefficient (Wildman–Crippen LogP) is 5.69. The molecule has 10 nitrogen and oxygen atoms in total. The SMILES string of the molecule is CS(=O)(=O)CCNCc1ccc(-c2ccc3ncnc(Nc4cccc(NC(=O)Nc5cc(F)ccc5F)c4)c3c2)o1. The van der Waals surface area contributed by atoms with E-state index in [1.165, 1.54) is 12.6 Å². The number of rotatable bonds is 10. The molecule has 0 unspecified atom stereocenters. The first kappa shape index (κ1) is 28.6. The molecule has 216 valence electrons. The number of carbonyl (C=O) groups excluding carboxylic acids is 1. The van der Waals surface area contributed by atoms with Crippen LogP contribution in [0.15, 0.2) is 83.5 Å². The molecule has 0 aliphatic rings. The molecule has 2 heterocycles. The van der Waals surface area contributed by atoms with Crippen molar-refractivity contribution in [2.75, 3.05) is 34.5 Å². The third-order valence-corrected chi connectivity index (χ3v) is 7.04. The first-order chi connectivity index (χ1) is 20.1. The van der Waals surface area contributed by atoms with Crippen LogP contribution in [0.25, 0.3) is 22.2 Å². The van der Waals surface area contributed by atoms with Crippen molar-refractivity contribution in [3.63, 3.8) is 0 Å². The molecule has 13 heteroatoms. The van der Waals surface area contributed by atoms with E-state index in [1.54, 1.807) is 24.3 Å². The highest BCUT2D eigenvalue weighted by atomic mass is 32.2. The van der Waals surface area contributed by atoms with Gasteiger partial charge in [-0.3, -0.25) is 0 Å². The highest BCUT2D eigenvalue weighted by Gasteiger charge is 2.12. The molecule has 0 atom stereocenters. The maximum atomic E-state index is 13.9. The smallest absolute Gasteiger partial charge is 0.323 e. The molecule has 0 aliphatic heterocycles. The zero-order chi connectivity index (χ0) is 29.7. The molecule has 0 aliphatic carbocycles. The first-order valence-corrected chi connectivity index (χ1v) is 14.8. The van der Waals surface area contributed by atoms with Gasteiger partial charge in [0, 0.05) is 41.2 Å². The summed E-state index contributed by atoms with van der Waals surface area (Å²) in [5.74, 6) is 0.406. The van der Waals surface area contributed by atoms with Crippen molar-refractivity contribution in [3.8, 4) is 11.3 Å². The van der Waals surface area contributed by atoms with E-state index in [0.29, 0.717) is 47.3 Å².